The summed E-state index contributed by atoms with van der Waals surface area (Å²) in [6.45, 7) is 4.22. The highest BCUT2D eigenvalue weighted by atomic mass is 16.5. The molecule has 1 aromatic heterocycles. The van der Waals surface area contributed by atoms with Gasteiger partial charge in [0.2, 0.25) is 11.9 Å². The Morgan fingerprint density at radius 2 is 1.57 bits per heavy atom. The summed E-state index contributed by atoms with van der Waals surface area (Å²) >= 11 is 0. The molecule has 46 heavy (non-hydrogen) atoms. The molecule has 0 aliphatic carbocycles. The Balaban J connectivity index is 1.46. The van der Waals surface area contributed by atoms with Crippen LogP contribution in [0.5, 0.6) is 11.5 Å². The van der Waals surface area contributed by atoms with E-state index in [-0.39, 0.29) is 42.0 Å². The summed E-state index contributed by atoms with van der Waals surface area (Å²) in [4.78, 5) is 36.3. The first-order valence-corrected chi connectivity index (χ1v) is 15.2. The lowest BCUT2D eigenvalue weighted by atomic mass is 9.80. The SMILES string of the molecule is COc1ccc(C(OCC2CCCNc3nc(NC(=O)C(C)C)[nH]c(=O)c3N=CO2)(c2ccccc2)c2ccc(OC)cc2)cc1. The third-order valence-electron chi connectivity index (χ3n) is 7.75. The molecule has 4 aromatic rings. The Hall–Kier alpha value is -5.16. The highest BCUT2D eigenvalue weighted by Gasteiger charge is 2.38. The lowest BCUT2D eigenvalue weighted by Crippen LogP contribution is -2.36. The average molecular weight is 626 g/mol. The van der Waals surface area contributed by atoms with Gasteiger partial charge < -0.3 is 24.3 Å². The van der Waals surface area contributed by atoms with Crippen LogP contribution in [0.4, 0.5) is 17.5 Å². The van der Waals surface area contributed by atoms with E-state index in [0.717, 1.165) is 28.2 Å². The van der Waals surface area contributed by atoms with Crippen molar-refractivity contribution in [1.29, 1.82) is 0 Å². The molecule has 1 atom stereocenters. The number of aromatic nitrogens is 2. The lowest BCUT2D eigenvalue weighted by molar-refractivity contribution is -0.118. The van der Waals surface area contributed by atoms with Crippen molar-refractivity contribution in [1.82, 2.24) is 9.97 Å². The fraction of sp³-hybridized carbons (Fsp3) is 0.314. The summed E-state index contributed by atoms with van der Waals surface area (Å²) in [6.07, 6.45) is 2.19. The van der Waals surface area contributed by atoms with Gasteiger partial charge in [0.25, 0.3) is 5.56 Å². The largest absolute Gasteiger partial charge is 0.497 e. The van der Waals surface area contributed by atoms with Crippen molar-refractivity contribution < 1.29 is 23.7 Å². The van der Waals surface area contributed by atoms with Crippen LogP contribution in [0, 0.1) is 5.92 Å². The Bertz CT molecular complexity index is 1640. The number of aromatic amines is 1. The quantitative estimate of drug-likeness (QED) is 0.193. The van der Waals surface area contributed by atoms with E-state index >= 15 is 0 Å². The molecule has 3 aromatic carbocycles. The van der Waals surface area contributed by atoms with Gasteiger partial charge in [-0.15, -0.1) is 0 Å². The number of carbonyl (C=O) groups is 1. The number of fused-ring (bicyclic) bond motifs is 1. The van der Waals surface area contributed by atoms with Gasteiger partial charge in [0.05, 0.1) is 20.8 Å². The molecule has 0 radical (unpaired) electrons. The van der Waals surface area contributed by atoms with E-state index < -0.39 is 11.2 Å². The van der Waals surface area contributed by atoms with E-state index in [1.54, 1.807) is 28.1 Å². The van der Waals surface area contributed by atoms with Crippen molar-refractivity contribution in [2.24, 2.45) is 10.9 Å². The van der Waals surface area contributed by atoms with Gasteiger partial charge >= 0.3 is 0 Å². The minimum atomic E-state index is -1.00. The van der Waals surface area contributed by atoms with Gasteiger partial charge in [0.1, 0.15) is 23.2 Å². The molecule has 11 nitrogen and oxygen atoms in total. The van der Waals surface area contributed by atoms with Gasteiger partial charge in [-0.05, 0) is 53.8 Å². The summed E-state index contributed by atoms with van der Waals surface area (Å²) < 4.78 is 24.0. The van der Waals surface area contributed by atoms with Gasteiger partial charge in [-0.25, -0.2) is 4.99 Å². The molecule has 11 heteroatoms. The Morgan fingerprint density at radius 1 is 0.957 bits per heavy atom. The number of rotatable bonds is 10. The van der Waals surface area contributed by atoms with E-state index in [9.17, 15) is 9.59 Å². The van der Waals surface area contributed by atoms with E-state index in [0.29, 0.717) is 19.4 Å². The number of methoxy groups -OCH3 is 2. The average Bonchev–Trinajstić information content (AvgIpc) is 3.08. The van der Waals surface area contributed by atoms with Crippen LogP contribution in [0.2, 0.25) is 0 Å². The van der Waals surface area contributed by atoms with E-state index in [4.69, 9.17) is 18.9 Å². The van der Waals surface area contributed by atoms with Crippen LogP contribution in [-0.4, -0.2) is 55.8 Å². The monoisotopic (exact) mass is 625 g/mol. The topological polar surface area (TPSA) is 136 Å². The number of nitrogens with one attached hydrogen (secondary N) is 3. The minimum Gasteiger partial charge on any atom is -0.497 e. The van der Waals surface area contributed by atoms with Crippen molar-refractivity contribution in [3.8, 4) is 11.5 Å². The summed E-state index contributed by atoms with van der Waals surface area (Å²) in [5.41, 5.74) is 1.30. The third kappa shape index (κ3) is 7.21. The molecule has 240 valence electrons. The molecule has 0 spiro atoms. The predicted molar refractivity (Wildman–Crippen MR) is 177 cm³/mol. The second-order valence-electron chi connectivity index (χ2n) is 11.1. The van der Waals surface area contributed by atoms with E-state index in [2.05, 4.69) is 25.6 Å². The number of amides is 1. The fourth-order valence-corrected chi connectivity index (χ4v) is 5.22. The molecule has 0 bridgehead atoms. The Labute approximate surface area is 268 Å². The fourth-order valence-electron chi connectivity index (χ4n) is 5.22. The van der Waals surface area contributed by atoms with Crippen LogP contribution < -0.4 is 25.7 Å². The standard InChI is InChI=1S/C35H39N5O6/c1-23(2)32(41)39-34-38-31-30(33(42)40-34)37-22-45-29(11-8-20-36-31)21-46-35(24-9-6-5-7-10-24,25-12-16-27(43-3)17-13-25)26-14-18-28(44-4)19-15-26/h5-7,9-10,12-19,22-23,29H,8,11,20-21H2,1-4H3,(H3,36,38,39,40,41,42). The van der Waals surface area contributed by atoms with E-state index in [1.807, 2.05) is 78.9 Å². The molecule has 0 fully saturated rings. The molecule has 5 rings (SSSR count). The Morgan fingerprint density at radius 3 is 2.15 bits per heavy atom. The first-order valence-electron chi connectivity index (χ1n) is 15.2. The van der Waals surface area contributed by atoms with Crippen LogP contribution in [0.1, 0.15) is 43.4 Å². The maximum atomic E-state index is 12.9. The number of anilines is 2. The smallest absolute Gasteiger partial charge is 0.280 e. The van der Waals surface area contributed by atoms with Gasteiger partial charge in [-0.1, -0.05) is 68.4 Å². The molecule has 1 aliphatic rings. The van der Waals surface area contributed by atoms with Crippen LogP contribution >= 0.6 is 0 Å². The van der Waals surface area contributed by atoms with Gasteiger partial charge in [0, 0.05) is 12.5 Å². The van der Waals surface area contributed by atoms with Gasteiger partial charge in [-0.2, -0.15) is 4.98 Å². The highest BCUT2D eigenvalue weighted by Crippen LogP contribution is 2.42. The summed E-state index contributed by atoms with van der Waals surface area (Å²) in [7, 11) is 3.27. The van der Waals surface area contributed by atoms with Crippen molar-refractivity contribution in [3.63, 3.8) is 0 Å². The third-order valence-corrected chi connectivity index (χ3v) is 7.75. The first kappa shape index (κ1) is 32.2. The molecule has 3 N–H and O–H groups in total. The molecule has 0 saturated carbocycles. The number of hydrogen-bond acceptors (Lipinski definition) is 9. The van der Waals surface area contributed by atoms with Gasteiger partial charge in [-0.3, -0.25) is 19.9 Å². The molecule has 2 heterocycles. The molecule has 1 aliphatic heterocycles. The zero-order valence-electron chi connectivity index (χ0n) is 26.4. The second kappa shape index (κ2) is 14.7. The maximum absolute atomic E-state index is 12.9. The van der Waals surface area contributed by atoms with Crippen molar-refractivity contribution in [3.05, 3.63) is 106 Å². The molecular weight excluding hydrogens is 586 g/mol. The van der Waals surface area contributed by atoms with E-state index in [1.165, 1.54) is 6.40 Å². The minimum absolute atomic E-state index is 0.0548. The van der Waals surface area contributed by atoms with Crippen molar-refractivity contribution >= 4 is 29.8 Å². The summed E-state index contributed by atoms with van der Waals surface area (Å²) in [5, 5.41) is 5.82. The maximum Gasteiger partial charge on any atom is 0.280 e. The molecular formula is C35H39N5O6. The number of aliphatic imine (C=N–C) groups is 1. The van der Waals surface area contributed by atoms with Gasteiger partial charge in [0.15, 0.2) is 17.9 Å². The first-order chi connectivity index (χ1) is 22.3. The zero-order chi connectivity index (χ0) is 32.5. The van der Waals surface area contributed by atoms with Crippen LogP contribution in [0.25, 0.3) is 0 Å². The Kier molecular flexibility index (Phi) is 10.3. The number of nitrogens with zero attached hydrogens (tertiary/aromatic N) is 2. The number of carbonyl (C=O) groups excluding carboxylic acids is 1. The van der Waals surface area contributed by atoms with Crippen molar-refractivity contribution in [2.75, 3.05) is 38.0 Å². The normalized spacial score (nSPS) is 14.8. The number of hydrogen-bond donors (Lipinski definition) is 3. The van der Waals surface area contributed by atoms with Crippen LogP contribution in [0.15, 0.2) is 88.6 Å². The number of benzene rings is 3. The molecule has 1 unspecified atom stereocenters. The molecule has 0 saturated heterocycles. The second-order valence-corrected chi connectivity index (χ2v) is 11.1. The summed E-state index contributed by atoms with van der Waals surface area (Å²) in [5.74, 6) is 1.27. The summed E-state index contributed by atoms with van der Waals surface area (Å²) in [6, 6.07) is 25.7. The number of ether oxygens (including phenoxy) is 4. The van der Waals surface area contributed by atoms with Crippen LogP contribution in [0.3, 0.4) is 0 Å². The predicted octanol–water partition coefficient (Wildman–Crippen LogP) is 5.64. The van der Waals surface area contributed by atoms with Crippen LogP contribution in [-0.2, 0) is 19.9 Å². The number of H-pyrrole nitrogens is 1. The lowest BCUT2D eigenvalue weighted by Gasteiger charge is -2.37. The zero-order valence-corrected chi connectivity index (χ0v) is 26.4. The highest BCUT2D eigenvalue weighted by molar-refractivity contribution is 5.90. The molecule has 1 amide bonds. The van der Waals surface area contributed by atoms with Crippen molar-refractivity contribution in [2.45, 2.75) is 38.4 Å².